The molecule has 0 aliphatic carbocycles. The molecular weight excluding hydrogens is 304 g/mol. The minimum atomic E-state index is -0.464. The van der Waals surface area contributed by atoms with Gasteiger partial charge in [-0.1, -0.05) is 0 Å². The molecule has 2 rings (SSSR count). The largest absolute Gasteiger partial charge is 0.385 e. The van der Waals surface area contributed by atoms with Crippen LogP contribution in [0.3, 0.4) is 0 Å². The van der Waals surface area contributed by atoms with Gasteiger partial charge in [0.25, 0.3) is 0 Å². The van der Waals surface area contributed by atoms with Crippen LogP contribution in [0.2, 0.25) is 0 Å². The van der Waals surface area contributed by atoms with Crippen LogP contribution in [0.15, 0.2) is 18.2 Å². The number of halogens is 2. The number of hydrogen-bond donors (Lipinski definition) is 1. The molecule has 1 aromatic carbocycles. The van der Waals surface area contributed by atoms with Gasteiger partial charge in [0.05, 0.1) is 5.69 Å². The van der Waals surface area contributed by atoms with Crippen LogP contribution in [-0.2, 0) is 4.74 Å². The van der Waals surface area contributed by atoms with Gasteiger partial charge in [-0.15, -0.1) is 0 Å². The fourth-order valence-corrected chi connectivity index (χ4v) is 2.55. The normalized spacial score (nSPS) is 16.3. The number of carbonyl (C=O) groups excluding carboxylic acids is 1. The van der Waals surface area contributed by atoms with Crippen molar-refractivity contribution < 1.29 is 18.3 Å². The Morgan fingerprint density at radius 3 is 2.65 bits per heavy atom. The molecule has 0 saturated carbocycles. The number of rotatable bonds is 5. The average molecular weight is 327 g/mol. The number of methoxy groups -OCH3 is 1. The average Bonchev–Trinajstić information content (AvgIpc) is 2.55. The zero-order chi connectivity index (χ0) is 16.8. The Morgan fingerprint density at radius 2 is 2.00 bits per heavy atom. The maximum atomic E-state index is 13.8. The highest BCUT2D eigenvalue weighted by Crippen LogP contribution is 2.21. The Kier molecular flexibility index (Phi) is 6.15. The molecule has 1 saturated heterocycles. The molecule has 128 valence electrons. The second-order valence-electron chi connectivity index (χ2n) is 5.70. The van der Waals surface area contributed by atoms with Crippen molar-refractivity contribution in [2.75, 3.05) is 44.8 Å². The molecule has 1 atom stereocenters. The number of carbonyl (C=O) groups is 1. The maximum Gasteiger partial charge on any atom is 0.317 e. The van der Waals surface area contributed by atoms with E-state index in [1.54, 1.807) is 16.9 Å². The zero-order valence-electron chi connectivity index (χ0n) is 13.5. The van der Waals surface area contributed by atoms with E-state index in [1.165, 1.54) is 6.07 Å². The lowest BCUT2D eigenvalue weighted by Gasteiger charge is -2.36. The third-order valence-electron chi connectivity index (χ3n) is 3.94. The number of piperazine rings is 1. The summed E-state index contributed by atoms with van der Waals surface area (Å²) >= 11 is 0. The van der Waals surface area contributed by atoms with Crippen LogP contribution >= 0.6 is 0 Å². The van der Waals surface area contributed by atoms with Crippen LogP contribution in [0, 0.1) is 11.6 Å². The van der Waals surface area contributed by atoms with Gasteiger partial charge in [0.2, 0.25) is 0 Å². The van der Waals surface area contributed by atoms with Gasteiger partial charge < -0.3 is 19.9 Å². The van der Waals surface area contributed by atoms with Crippen molar-refractivity contribution in [2.45, 2.75) is 19.4 Å². The quantitative estimate of drug-likeness (QED) is 0.902. The zero-order valence-corrected chi connectivity index (χ0v) is 13.5. The highest BCUT2D eigenvalue weighted by molar-refractivity contribution is 5.74. The van der Waals surface area contributed by atoms with E-state index in [4.69, 9.17) is 4.74 Å². The van der Waals surface area contributed by atoms with Gasteiger partial charge in [-0.2, -0.15) is 0 Å². The van der Waals surface area contributed by atoms with E-state index in [9.17, 15) is 13.6 Å². The van der Waals surface area contributed by atoms with Gasteiger partial charge >= 0.3 is 6.03 Å². The summed E-state index contributed by atoms with van der Waals surface area (Å²) in [5.41, 5.74) is 0.249. The minimum absolute atomic E-state index is 0.0288. The summed E-state index contributed by atoms with van der Waals surface area (Å²) < 4.78 is 32.0. The molecule has 0 radical (unpaired) electrons. The number of benzene rings is 1. The number of anilines is 1. The maximum absolute atomic E-state index is 13.8. The molecule has 5 nitrogen and oxygen atoms in total. The Bertz CT molecular complexity index is 534. The lowest BCUT2D eigenvalue weighted by atomic mass is 10.2. The van der Waals surface area contributed by atoms with E-state index in [1.807, 2.05) is 6.92 Å². The molecular formula is C16H23F2N3O2. The first kappa shape index (κ1) is 17.5. The fourth-order valence-electron chi connectivity index (χ4n) is 2.55. The smallest absolute Gasteiger partial charge is 0.317 e. The van der Waals surface area contributed by atoms with Crippen molar-refractivity contribution in [3.8, 4) is 0 Å². The van der Waals surface area contributed by atoms with E-state index in [0.717, 1.165) is 18.6 Å². The Labute approximate surface area is 135 Å². The summed E-state index contributed by atoms with van der Waals surface area (Å²) in [6.45, 7) is 4.40. The summed E-state index contributed by atoms with van der Waals surface area (Å²) in [5.74, 6) is -0.911. The van der Waals surface area contributed by atoms with Crippen LogP contribution < -0.4 is 10.2 Å². The molecule has 23 heavy (non-hydrogen) atoms. The summed E-state index contributed by atoms with van der Waals surface area (Å²) in [4.78, 5) is 15.6. The first-order valence-corrected chi connectivity index (χ1v) is 7.75. The van der Waals surface area contributed by atoms with Crippen LogP contribution in [-0.4, -0.2) is 56.9 Å². The van der Waals surface area contributed by atoms with E-state index in [2.05, 4.69) is 5.32 Å². The summed E-state index contributed by atoms with van der Waals surface area (Å²) in [6, 6.07) is 3.32. The Hall–Kier alpha value is -1.89. The third kappa shape index (κ3) is 4.79. The first-order chi connectivity index (χ1) is 11.0. The van der Waals surface area contributed by atoms with E-state index >= 15 is 0 Å². The Morgan fingerprint density at radius 1 is 1.30 bits per heavy atom. The third-order valence-corrected chi connectivity index (χ3v) is 3.94. The number of ether oxygens (including phenoxy) is 1. The van der Waals surface area contributed by atoms with Gasteiger partial charge in [-0.3, -0.25) is 0 Å². The van der Waals surface area contributed by atoms with Gasteiger partial charge in [0, 0.05) is 52.0 Å². The molecule has 1 aromatic rings. The van der Waals surface area contributed by atoms with Gasteiger partial charge in [-0.25, -0.2) is 13.6 Å². The van der Waals surface area contributed by atoms with Crippen molar-refractivity contribution in [1.82, 2.24) is 10.2 Å². The van der Waals surface area contributed by atoms with Crippen molar-refractivity contribution in [1.29, 1.82) is 0 Å². The summed E-state index contributed by atoms with van der Waals surface area (Å²) in [5, 5.41) is 2.91. The molecule has 1 heterocycles. The van der Waals surface area contributed by atoms with Crippen molar-refractivity contribution in [3.63, 3.8) is 0 Å². The topological polar surface area (TPSA) is 44.8 Å². The monoisotopic (exact) mass is 327 g/mol. The fraction of sp³-hybridized carbons (Fsp3) is 0.562. The molecule has 0 unspecified atom stereocenters. The predicted molar refractivity (Wildman–Crippen MR) is 84.6 cm³/mol. The lowest BCUT2D eigenvalue weighted by Crippen LogP contribution is -2.53. The minimum Gasteiger partial charge on any atom is -0.385 e. The summed E-state index contributed by atoms with van der Waals surface area (Å²) in [6.07, 6.45) is 0.747. The molecule has 2 amide bonds. The number of nitrogens with zero attached hydrogens (tertiary/aromatic N) is 2. The van der Waals surface area contributed by atoms with Crippen molar-refractivity contribution >= 4 is 11.7 Å². The van der Waals surface area contributed by atoms with E-state index in [-0.39, 0.29) is 17.8 Å². The van der Waals surface area contributed by atoms with Crippen molar-refractivity contribution in [3.05, 3.63) is 29.8 Å². The molecule has 1 fully saturated rings. The second kappa shape index (κ2) is 8.10. The Balaban J connectivity index is 1.86. The van der Waals surface area contributed by atoms with Crippen LogP contribution in [0.4, 0.5) is 19.3 Å². The van der Waals surface area contributed by atoms with Crippen molar-refractivity contribution in [2.24, 2.45) is 0 Å². The molecule has 1 aliphatic heterocycles. The van der Waals surface area contributed by atoms with Crippen LogP contribution in [0.1, 0.15) is 13.3 Å². The number of urea groups is 1. The van der Waals surface area contributed by atoms with Crippen LogP contribution in [0.25, 0.3) is 0 Å². The van der Waals surface area contributed by atoms with Gasteiger partial charge in [-0.05, 0) is 25.5 Å². The van der Waals surface area contributed by atoms with E-state index < -0.39 is 11.6 Å². The second-order valence-corrected chi connectivity index (χ2v) is 5.70. The molecule has 0 spiro atoms. The van der Waals surface area contributed by atoms with Crippen LogP contribution in [0.5, 0.6) is 0 Å². The predicted octanol–water partition coefficient (Wildman–Crippen LogP) is 2.22. The SMILES string of the molecule is COCC[C@@H](C)NC(=O)N1CCN(c2cc(F)ccc2F)CC1. The van der Waals surface area contributed by atoms with Gasteiger partial charge in [0.15, 0.2) is 0 Å². The number of nitrogens with one attached hydrogen (secondary N) is 1. The lowest BCUT2D eigenvalue weighted by molar-refractivity contribution is 0.173. The van der Waals surface area contributed by atoms with E-state index in [0.29, 0.717) is 32.8 Å². The number of amides is 2. The summed E-state index contributed by atoms with van der Waals surface area (Å²) in [7, 11) is 1.62. The molecule has 0 bridgehead atoms. The first-order valence-electron chi connectivity index (χ1n) is 7.75. The highest BCUT2D eigenvalue weighted by Gasteiger charge is 2.23. The molecule has 1 N–H and O–H groups in total. The van der Waals surface area contributed by atoms with Gasteiger partial charge in [0.1, 0.15) is 11.6 Å². The standard InChI is InChI=1S/C16H23F2N3O2/c1-12(5-10-23-2)19-16(22)21-8-6-20(7-9-21)15-11-13(17)3-4-14(15)18/h3-4,11-12H,5-10H2,1-2H3,(H,19,22)/t12-/m1/s1. The highest BCUT2D eigenvalue weighted by atomic mass is 19.1. The molecule has 7 heteroatoms. The molecule has 1 aliphatic rings. The number of hydrogen-bond acceptors (Lipinski definition) is 3. The molecule has 0 aromatic heterocycles.